The van der Waals surface area contributed by atoms with Crippen molar-refractivity contribution in [1.29, 1.82) is 0 Å². The number of benzene rings is 2. The lowest BCUT2D eigenvalue weighted by molar-refractivity contribution is 0.0970. The zero-order valence-corrected chi connectivity index (χ0v) is 14.9. The van der Waals surface area contributed by atoms with Crippen LogP contribution in [0.5, 0.6) is 0 Å². The van der Waals surface area contributed by atoms with Gasteiger partial charge in [-0.05, 0) is 55.7 Å². The lowest BCUT2D eigenvalue weighted by Crippen LogP contribution is -2.24. The topological polar surface area (TPSA) is 65.1 Å². The van der Waals surface area contributed by atoms with Gasteiger partial charge >= 0.3 is 0 Å². The quantitative estimate of drug-likeness (QED) is 0.527. The fourth-order valence-electron chi connectivity index (χ4n) is 3.23. The number of para-hydroxylation sites is 1. The van der Waals surface area contributed by atoms with Crippen molar-refractivity contribution < 1.29 is 9.21 Å². The Balaban J connectivity index is 1.77. The molecule has 0 spiro atoms. The molecule has 26 heavy (non-hydrogen) atoms. The van der Waals surface area contributed by atoms with Gasteiger partial charge in [0, 0.05) is 10.9 Å². The number of aromatic nitrogens is 2. The lowest BCUT2D eigenvalue weighted by atomic mass is 9.98. The van der Waals surface area contributed by atoms with Crippen LogP contribution in [0.4, 0.5) is 0 Å². The summed E-state index contributed by atoms with van der Waals surface area (Å²) in [6.07, 6.45) is 1.42. The number of rotatable bonds is 3. The summed E-state index contributed by atoms with van der Waals surface area (Å²) < 4.78 is 6.97. The molecule has 0 fully saturated rings. The molecule has 5 nitrogen and oxygen atoms in total. The molecular formula is C21H18N2O3. The molecule has 0 radical (unpaired) electrons. The normalized spacial score (nSPS) is 11.3. The second-order valence-electron chi connectivity index (χ2n) is 6.63. The van der Waals surface area contributed by atoms with Crippen molar-refractivity contribution in [1.82, 2.24) is 9.55 Å². The minimum absolute atomic E-state index is 0.0673. The zero-order chi connectivity index (χ0) is 18.4. The second-order valence-corrected chi connectivity index (χ2v) is 6.63. The molecular weight excluding hydrogens is 328 g/mol. The first-order chi connectivity index (χ1) is 12.5. The minimum Gasteiger partial charge on any atom is -0.448 e. The predicted molar refractivity (Wildman–Crippen MR) is 101 cm³/mol. The highest BCUT2D eigenvalue weighted by Gasteiger charge is 2.16. The van der Waals surface area contributed by atoms with E-state index in [4.69, 9.17) is 4.42 Å². The number of hydrogen-bond donors (Lipinski definition) is 0. The third kappa shape index (κ3) is 2.52. The number of carbonyl (C=O) groups is 1. The first kappa shape index (κ1) is 16.3. The number of hydrogen-bond acceptors (Lipinski definition) is 4. The highest BCUT2D eigenvalue weighted by atomic mass is 16.3. The number of carbonyl (C=O) groups excluding carboxylic acids is 1. The maximum absolute atomic E-state index is 12.7. The molecule has 5 heteroatoms. The van der Waals surface area contributed by atoms with Crippen LogP contribution < -0.4 is 5.56 Å². The zero-order valence-electron chi connectivity index (χ0n) is 14.9. The van der Waals surface area contributed by atoms with E-state index in [1.807, 2.05) is 51.1 Å². The average Bonchev–Trinajstić information content (AvgIpc) is 3.00. The van der Waals surface area contributed by atoms with Crippen molar-refractivity contribution in [3.8, 4) is 0 Å². The minimum atomic E-state index is -0.346. The van der Waals surface area contributed by atoms with Crippen molar-refractivity contribution in [2.45, 2.75) is 27.3 Å². The van der Waals surface area contributed by atoms with Crippen LogP contribution in [0, 0.1) is 20.8 Å². The van der Waals surface area contributed by atoms with Gasteiger partial charge in [-0.15, -0.1) is 0 Å². The van der Waals surface area contributed by atoms with Gasteiger partial charge in [-0.25, -0.2) is 4.98 Å². The molecule has 2 aromatic heterocycles. The van der Waals surface area contributed by atoms with Crippen molar-refractivity contribution in [3.05, 3.63) is 75.3 Å². The molecule has 0 N–H and O–H groups in total. The van der Waals surface area contributed by atoms with E-state index in [-0.39, 0.29) is 23.5 Å². The van der Waals surface area contributed by atoms with Crippen LogP contribution in [0.3, 0.4) is 0 Å². The molecule has 4 rings (SSSR count). The standard InChI is InChI=1S/C21H18N2O3/c1-12-8-14(3)16(9-13(12)2)17(24)10-23-11-22-19-15-6-4-5-7-18(15)26-20(19)21(23)25/h4-9,11H,10H2,1-3H3. The molecule has 2 aromatic carbocycles. The van der Waals surface area contributed by atoms with E-state index in [9.17, 15) is 9.59 Å². The van der Waals surface area contributed by atoms with E-state index >= 15 is 0 Å². The van der Waals surface area contributed by atoms with E-state index in [0.717, 1.165) is 22.1 Å². The number of fused-ring (bicyclic) bond motifs is 3. The van der Waals surface area contributed by atoms with Gasteiger partial charge in [-0.2, -0.15) is 0 Å². The molecule has 4 aromatic rings. The van der Waals surface area contributed by atoms with Crippen LogP contribution in [0.15, 0.2) is 51.9 Å². The van der Waals surface area contributed by atoms with Gasteiger partial charge in [0.2, 0.25) is 5.58 Å². The van der Waals surface area contributed by atoms with E-state index < -0.39 is 0 Å². The van der Waals surface area contributed by atoms with Crippen molar-refractivity contribution >= 4 is 27.9 Å². The Morgan fingerprint density at radius 3 is 2.62 bits per heavy atom. The Bertz CT molecular complexity index is 1230. The molecule has 0 atom stereocenters. The number of aryl methyl sites for hydroxylation is 3. The molecule has 0 bridgehead atoms. The summed E-state index contributed by atoms with van der Waals surface area (Å²) in [7, 11) is 0. The van der Waals surface area contributed by atoms with Gasteiger partial charge in [0.25, 0.3) is 5.56 Å². The SMILES string of the molecule is Cc1cc(C)c(C(=O)Cn2cnc3c(oc4ccccc43)c2=O)cc1C. The second kappa shape index (κ2) is 5.95. The van der Waals surface area contributed by atoms with E-state index in [1.165, 1.54) is 10.9 Å². The van der Waals surface area contributed by atoms with Gasteiger partial charge in [-0.3, -0.25) is 14.2 Å². The molecule has 0 unspecified atom stereocenters. The monoisotopic (exact) mass is 346 g/mol. The number of furan rings is 1. The number of Topliss-reactive ketones (excluding diaryl/α,β-unsaturated/α-hetero) is 1. The van der Waals surface area contributed by atoms with Crippen molar-refractivity contribution in [2.75, 3.05) is 0 Å². The summed E-state index contributed by atoms with van der Waals surface area (Å²) in [4.78, 5) is 29.8. The van der Waals surface area contributed by atoms with Crippen LogP contribution in [-0.4, -0.2) is 15.3 Å². The van der Waals surface area contributed by atoms with Crippen molar-refractivity contribution in [3.63, 3.8) is 0 Å². The fraction of sp³-hybridized carbons (Fsp3) is 0.190. The summed E-state index contributed by atoms with van der Waals surface area (Å²) in [5.41, 5.74) is 4.70. The number of nitrogens with zero attached hydrogens (tertiary/aromatic N) is 2. The molecule has 0 saturated carbocycles. The van der Waals surface area contributed by atoms with E-state index in [1.54, 1.807) is 6.07 Å². The smallest absolute Gasteiger partial charge is 0.297 e. The first-order valence-corrected chi connectivity index (χ1v) is 8.43. The van der Waals surface area contributed by atoms with Gasteiger partial charge in [-0.1, -0.05) is 18.2 Å². The van der Waals surface area contributed by atoms with Crippen LogP contribution >= 0.6 is 0 Å². The molecule has 0 saturated heterocycles. The Labute approximate surface area is 149 Å². The maximum Gasteiger partial charge on any atom is 0.297 e. The Morgan fingerprint density at radius 1 is 1.08 bits per heavy atom. The van der Waals surface area contributed by atoms with Gasteiger partial charge < -0.3 is 4.42 Å². The van der Waals surface area contributed by atoms with Gasteiger partial charge in [0.1, 0.15) is 11.1 Å². The maximum atomic E-state index is 12.7. The lowest BCUT2D eigenvalue weighted by Gasteiger charge is -2.10. The van der Waals surface area contributed by atoms with Crippen LogP contribution in [0.2, 0.25) is 0 Å². The molecule has 0 aliphatic rings. The first-order valence-electron chi connectivity index (χ1n) is 8.43. The molecule has 130 valence electrons. The third-order valence-corrected chi connectivity index (χ3v) is 4.81. The van der Waals surface area contributed by atoms with Gasteiger partial charge in [0.05, 0.1) is 12.9 Å². The number of ketones is 1. The van der Waals surface area contributed by atoms with Crippen LogP contribution in [-0.2, 0) is 6.54 Å². The molecule has 0 aliphatic carbocycles. The summed E-state index contributed by atoms with van der Waals surface area (Å²) in [5, 5.41) is 0.795. The van der Waals surface area contributed by atoms with Crippen LogP contribution in [0.1, 0.15) is 27.0 Å². The molecule has 2 heterocycles. The largest absolute Gasteiger partial charge is 0.448 e. The molecule has 0 aliphatic heterocycles. The molecule has 0 amide bonds. The van der Waals surface area contributed by atoms with Crippen molar-refractivity contribution in [2.24, 2.45) is 0 Å². The predicted octanol–water partition coefficient (Wildman–Crippen LogP) is 3.95. The fourth-order valence-corrected chi connectivity index (χ4v) is 3.23. The Morgan fingerprint density at radius 2 is 1.81 bits per heavy atom. The summed E-state index contributed by atoms with van der Waals surface area (Å²) in [6, 6.07) is 11.2. The third-order valence-electron chi connectivity index (χ3n) is 4.81. The van der Waals surface area contributed by atoms with Gasteiger partial charge in [0.15, 0.2) is 5.78 Å². The average molecular weight is 346 g/mol. The summed E-state index contributed by atoms with van der Waals surface area (Å²) in [6.45, 7) is 5.82. The summed E-state index contributed by atoms with van der Waals surface area (Å²) in [5.74, 6) is -0.120. The van der Waals surface area contributed by atoms with E-state index in [2.05, 4.69) is 4.98 Å². The highest BCUT2D eigenvalue weighted by Crippen LogP contribution is 2.24. The summed E-state index contributed by atoms with van der Waals surface area (Å²) >= 11 is 0. The van der Waals surface area contributed by atoms with E-state index in [0.29, 0.717) is 16.7 Å². The van der Waals surface area contributed by atoms with Crippen LogP contribution in [0.25, 0.3) is 22.1 Å². The Kier molecular flexibility index (Phi) is 3.72. The highest BCUT2D eigenvalue weighted by molar-refractivity contribution is 6.02. The Hall–Kier alpha value is -3.21.